The van der Waals surface area contributed by atoms with Crippen molar-refractivity contribution in [2.24, 2.45) is 5.10 Å². The molecule has 1 amide bonds. The highest BCUT2D eigenvalue weighted by atomic mass is 127. The van der Waals surface area contributed by atoms with Crippen molar-refractivity contribution < 1.29 is 9.53 Å². The van der Waals surface area contributed by atoms with E-state index >= 15 is 0 Å². The number of carbonyl (C=O) groups excluding carboxylic acids is 1. The number of nitrogens with zero attached hydrogens (tertiary/aromatic N) is 1. The van der Waals surface area contributed by atoms with E-state index in [4.69, 9.17) is 4.74 Å². The molecule has 0 spiro atoms. The molecule has 0 fully saturated rings. The second-order valence-corrected chi connectivity index (χ2v) is 5.73. The fraction of sp³-hybridized carbons (Fsp3) is 0.176. The van der Waals surface area contributed by atoms with Gasteiger partial charge < -0.3 is 4.74 Å². The third-order valence-electron chi connectivity index (χ3n) is 2.87. The molecule has 0 aromatic heterocycles. The molecule has 2 aromatic carbocycles. The molecule has 1 N–H and O–H groups in total. The Kier molecular flexibility index (Phi) is 6.39. The number of hydrazone groups is 1. The van der Waals surface area contributed by atoms with Crippen LogP contribution < -0.4 is 10.2 Å². The molecular formula is C17H17IN2O2. The number of hydrogen-bond acceptors (Lipinski definition) is 3. The van der Waals surface area contributed by atoms with Gasteiger partial charge in [0, 0.05) is 9.13 Å². The average molecular weight is 408 g/mol. The van der Waals surface area contributed by atoms with Gasteiger partial charge in [0.1, 0.15) is 5.75 Å². The largest absolute Gasteiger partial charge is 0.493 e. The fourth-order valence-corrected chi connectivity index (χ4v) is 2.43. The molecular weight excluding hydrogens is 391 g/mol. The van der Waals surface area contributed by atoms with Crippen LogP contribution >= 0.6 is 22.6 Å². The molecule has 0 aliphatic heterocycles. The van der Waals surface area contributed by atoms with Crippen molar-refractivity contribution in [3.63, 3.8) is 0 Å². The van der Waals surface area contributed by atoms with E-state index in [1.54, 1.807) is 12.3 Å². The van der Waals surface area contributed by atoms with E-state index in [2.05, 4.69) is 40.0 Å². The van der Waals surface area contributed by atoms with Gasteiger partial charge >= 0.3 is 0 Å². The summed E-state index contributed by atoms with van der Waals surface area (Å²) in [5, 5.41) is 4.02. The highest BCUT2D eigenvalue weighted by molar-refractivity contribution is 14.1. The van der Waals surface area contributed by atoms with E-state index in [9.17, 15) is 4.79 Å². The number of hydrogen-bond donors (Lipinski definition) is 1. The lowest BCUT2D eigenvalue weighted by Gasteiger charge is -2.07. The van der Waals surface area contributed by atoms with Crippen LogP contribution in [0.15, 0.2) is 53.6 Å². The van der Waals surface area contributed by atoms with Crippen LogP contribution in [0, 0.1) is 3.57 Å². The van der Waals surface area contributed by atoms with E-state index in [0.29, 0.717) is 12.2 Å². The third-order valence-corrected chi connectivity index (χ3v) is 3.81. The van der Waals surface area contributed by atoms with E-state index < -0.39 is 0 Å². The van der Waals surface area contributed by atoms with E-state index in [1.165, 1.54) is 0 Å². The molecule has 22 heavy (non-hydrogen) atoms. The minimum Gasteiger partial charge on any atom is -0.493 e. The van der Waals surface area contributed by atoms with Crippen molar-refractivity contribution in [1.29, 1.82) is 0 Å². The molecule has 0 radical (unpaired) electrons. The first-order chi connectivity index (χ1) is 10.7. The van der Waals surface area contributed by atoms with Crippen LogP contribution in [-0.2, 0) is 0 Å². The molecule has 0 bridgehead atoms. The van der Waals surface area contributed by atoms with Gasteiger partial charge in [0.15, 0.2) is 0 Å². The first-order valence-electron chi connectivity index (χ1n) is 7.02. The SMILES string of the molecule is CCCOc1ccccc1C=NNC(=O)c1ccccc1I. The number of ether oxygens (including phenoxy) is 1. The van der Waals surface area contributed by atoms with Gasteiger partial charge in [-0.15, -0.1) is 0 Å². The Balaban J connectivity index is 2.04. The van der Waals surface area contributed by atoms with Crippen LogP contribution in [0.25, 0.3) is 0 Å². The molecule has 2 aromatic rings. The third kappa shape index (κ3) is 4.56. The number of halogens is 1. The van der Waals surface area contributed by atoms with Crippen LogP contribution in [0.2, 0.25) is 0 Å². The van der Waals surface area contributed by atoms with Crippen molar-refractivity contribution in [2.45, 2.75) is 13.3 Å². The molecule has 0 saturated heterocycles. The first-order valence-corrected chi connectivity index (χ1v) is 8.10. The zero-order chi connectivity index (χ0) is 15.8. The standard InChI is InChI=1S/C17H17IN2O2/c1-2-11-22-16-10-6-3-7-13(16)12-19-20-17(21)14-8-4-5-9-15(14)18/h3-10,12H,2,11H2,1H3,(H,20,21). The average Bonchev–Trinajstić information content (AvgIpc) is 2.54. The van der Waals surface area contributed by atoms with Gasteiger partial charge in [-0.3, -0.25) is 4.79 Å². The van der Waals surface area contributed by atoms with Gasteiger partial charge in [0.05, 0.1) is 18.4 Å². The lowest BCUT2D eigenvalue weighted by molar-refractivity contribution is 0.0954. The highest BCUT2D eigenvalue weighted by Crippen LogP contribution is 2.16. The number of amides is 1. The summed E-state index contributed by atoms with van der Waals surface area (Å²) >= 11 is 2.13. The predicted molar refractivity (Wildman–Crippen MR) is 96.4 cm³/mol. The van der Waals surface area contributed by atoms with Gasteiger partial charge in [0.25, 0.3) is 5.91 Å². The van der Waals surface area contributed by atoms with E-state index in [-0.39, 0.29) is 5.91 Å². The van der Waals surface area contributed by atoms with Crippen LogP contribution in [0.5, 0.6) is 5.75 Å². The summed E-state index contributed by atoms with van der Waals surface area (Å²) in [4.78, 5) is 12.1. The Bertz CT molecular complexity index is 671. The van der Waals surface area contributed by atoms with Gasteiger partial charge in [-0.25, -0.2) is 5.43 Å². The molecule has 0 aliphatic rings. The summed E-state index contributed by atoms with van der Waals surface area (Å²) in [6.07, 6.45) is 2.54. The Morgan fingerprint density at radius 2 is 1.95 bits per heavy atom. The minimum atomic E-state index is -0.229. The van der Waals surface area contributed by atoms with Crippen molar-refractivity contribution in [3.05, 3.63) is 63.2 Å². The molecule has 0 saturated carbocycles. The maximum atomic E-state index is 12.1. The Hall–Kier alpha value is -1.89. The molecule has 0 unspecified atom stereocenters. The smallest absolute Gasteiger partial charge is 0.272 e. The van der Waals surface area contributed by atoms with Crippen LogP contribution in [0.3, 0.4) is 0 Å². The molecule has 0 aliphatic carbocycles. The molecule has 2 rings (SSSR count). The summed E-state index contributed by atoms with van der Waals surface area (Å²) in [6, 6.07) is 15.0. The maximum absolute atomic E-state index is 12.1. The lowest BCUT2D eigenvalue weighted by atomic mass is 10.2. The summed E-state index contributed by atoms with van der Waals surface area (Å²) in [6.45, 7) is 2.71. The summed E-state index contributed by atoms with van der Waals surface area (Å²) < 4.78 is 6.53. The Morgan fingerprint density at radius 1 is 1.23 bits per heavy atom. The normalized spacial score (nSPS) is 10.6. The number of benzene rings is 2. The topological polar surface area (TPSA) is 50.7 Å². The minimum absolute atomic E-state index is 0.229. The quantitative estimate of drug-likeness (QED) is 0.449. The lowest BCUT2D eigenvalue weighted by Crippen LogP contribution is -2.18. The van der Waals surface area contributed by atoms with Crippen molar-refractivity contribution in [3.8, 4) is 5.75 Å². The summed E-state index contributed by atoms with van der Waals surface area (Å²) in [7, 11) is 0. The zero-order valence-electron chi connectivity index (χ0n) is 12.3. The summed E-state index contributed by atoms with van der Waals surface area (Å²) in [5.41, 5.74) is 3.98. The number of para-hydroxylation sites is 1. The Labute approximate surface area is 143 Å². The summed E-state index contributed by atoms with van der Waals surface area (Å²) in [5.74, 6) is 0.532. The van der Waals surface area contributed by atoms with Crippen molar-refractivity contribution >= 4 is 34.7 Å². The van der Waals surface area contributed by atoms with Crippen LogP contribution in [0.1, 0.15) is 29.3 Å². The number of rotatable bonds is 6. The van der Waals surface area contributed by atoms with Gasteiger partial charge in [-0.1, -0.05) is 31.2 Å². The maximum Gasteiger partial charge on any atom is 0.272 e. The zero-order valence-corrected chi connectivity index (χ0v) is 14.4. The van der Waals surface area contributed by atoms with Crippen molar-refractivity contribution in [1.82, 2.24) is 5.43 Å². The second kappa shape index (κ2) is 8.53. The van der Waals surface area contributed by atoms with Gasteiger partial charge in [-0.2, -0.15) is 5.10 Å². The number of nitrogens with one attached hydrogen (secondary N) is 1. The molecule has 5 heteroatoms. The van der Waals surface area contributed by atoms with Gasteiger partial charge in [-0.05, 0) is 53.3 Å². The second-order valence-electron chi connectivity index (χ2n) is 4.57. The van der Waals surface area contributed by atoms with Gasteiger partial charge in [0.2, 0.25) is 0 Å². The molecule has 4 nitrogen and oxygen atoms in total. The molecule has 114 valence electrons. The first kappa shape index (κ1) is 16.5. The van der Waals surface area contributed by atoms with Crippen LogP contribution in [0.4, 0.5) is 0 Å². The van der Waals surface area contributed by atoms with Crippen LogP contribution in [-0.4, -0.2) is 18.7 Å². The van der Waals surface area contributed by atoms with E-state index in [0.717, 1.165) is 21.3 Å². The monoisotopic (exact) mass is 408 g/mol. The molecule has 0 atom stereocenters. The van der Waals surface area contributed by atoms with E-state index in [1.807, 2.05) is 42.5 Å². The Morgan fingerprint density at radius 3 is 2.73 bits per heavy atom. The van der Waals surface area contributed by atoms with Crippen molar-refractivity contribution in [2.75, 3.05) is 6.61 Å². The number of carbonyl (C=O) groups is 1. The predicted octanol–water partition coefficient (Wildman–Crippen LogP) is 3.84. The fourth-order valence-electron chi connectivity index (χ4n) is 1.80. The molecule has 0 heterocycles. The highest BCUT2D eigenvalue weighted by Gasteiger charge is 2.07.